The van der Waals surface area contributed by atoms with Crippen molar-refractivity contribution in [3.05, 3.63) is 90.1 Å². The van der Waals surface area contributed by atoms with E-state index in [1.165, 1.54) is 17.7 Å². The zero-order chi connectivity index (χ0) is 18.5. The Morgan fingerprint density at radius 3 is 2.78 bits per heavy atom. The first-order chi connectivity index (χ1) is 13.3. The topological polar surface area (TPSA) is 49.9 Å². The molecule has 0 fully saturated rings. The summed E-state index contributed by atoms with van der Waals surface area (Å²) in [6, 6.07) is 16.5. The molecule has 2 heterocycles. The Hall–Kier alpha value is -3.18. The third kappa shape index (κ3) is 4.33. The molecule has 0 aliphatic carbocycles. The highest BCUT2D eigenvalue weighted by molar-refractivity contribution is 5.83. The van der Waals surface area contributed by atoms with Crippen LogP contribution >= 0.6 is 0 Å². The molecule has 4 aromatic rings. The van der Waals surface area contributed by atoms with E-state index in [2.05, 4.69) is 21.4 Å². The molecule has 5 heteroatoms. The van der Waals surface area contributed by atoms with E-state index in [1.807, 2.05) is 42.6 Å². The Bertz CT molecular complexity index is 1030. The molecule has 0 spiro atoms. The van der Waals surface area contributed by atoms with Crippen LogP contribution in [-0.2, 0) is 13.0 Å². The average molecular weight is 361 g/mol. The monoisotopic (exact) mass is 361 g/mol. The summed E-state index contributed by atoms with van der Waals surface area (Å²) < 4.78 is 19.1. The minimum atomic E-state index is -0.220. The van der Waals surface area contributed by atoms with Crippen LogP contribution in [0.1, 0.15) is 11.1 Å². The lowest BCUT2D eigenvalue weighted by molar-refractivity contribution is 0.481. The maximum atomic E-state index is 13.3. The number of benzene rings is 2. The number of fused-ring (bicyclic) bond motifs is 1. The summed E-state index contributed by atoms with van der Waals surface area (Å²) in [5, 5.41) is 4.53. The number of nitrogens with zero attached hydrogens (tertiary/aromatic N) is 1. The number of hydrogen-bond donors (Lipinski definition) is 2. The molecule has 2 N–H and O–H groups in total. The van der Waals surface area contributed by atoms with Crippen molar-refractivity contribution in [3.8, 4) is 11.5 Å². The highest BCUT2D eigenvalue weighted by Gasteiger charge is 2.05. The number of ether oxygens (including phenoxy) is 1. The van der Waals surface area contributed by atoms with Gasteiger partial charge in [-0.3, -0.25) is 4.98 Å². The predicted octanol–water partition coefficient (Wildman–Crippen LogP) is 4.83. The fraction of sp³-hybridized carbons (Fsp3) is 0.136. The van der Waals surface area contributed by atoms with Crippen molar-refractivity contribution in [2.24, 2.45) is 0 Å². The Labute approximate surface area is 157 Å². The largest absolute Gasteiger partial charge is 0.457 e. The third-order valence-electron chi connectivity index (χ3n) is 4.41. The van der Waals surface area contributed by atoms with E-state index in [1.54, 1.807) is 12.4 Å². The zero-order valence-corrected chi connectivity index (χ0v) is 14.8. The summed E-state index contributed by atoms with van der Waals surface area (Å²) in [7, 11) is 0. The van der Waals surface area contributed by atoms with Gasteiger partial charge in [0.25, 0.3) is 0 Å². The van der Waals surface area contributed by atoms with Crippen LogP contribution in [0.3, 0.4) is 0 Å². The molecule has 27 heavy (non-hydrogen) atoms. The fourth-order valence-corrected chi connectivity index (χ4v) is 3.08. The molecule has 0 aliphatic rings. The minimum absolute atomic E-state index is 0.220. The van der Waals surface area contributed by atoms with Crippen LogP contribution in [0.2, 0.25) is 0 Å². The second-order valence-electron chi connectivity index (χ2n) is 6.36. The standard InChI is InChI=1S/C22H20FN3O/c23-18-4-5-21-17(15-26-22(21)13-18)6-9-25-14-16-2-1-3-20(12-16)27-19-7-10-24-11-8-19/h1-5,7-8,10-13,15,25-26H,6,9,14H2. The summed E-state index contributed by atoms with van der Waals surface area (Å²) in [6.45, 7) is 1.59. The van der Waals surface area contributed by atoms with Gasteiger partial charge >= 0.3 is 0 Å². The SMILES string of the molecule is Fc1ccc2c(CCNCc3cccc(Oc4ccncc4)c3)c[nH]c2c1. The second kappa shape index (κ2) is 8.01. The Balaban J connectivity index is 1.32. The maximum absolute atomic E-state index is 13.3. The number of aromatic nitrogens is 2. The van der Waals surface area contributed by atoms with E-state index in [0.29, 0.717) is 0 Å². The Kier molecular flexibility index (Phi) is 5.12. The molecule has 0 amide bonds. The van der Waals surface area contributed by atoms with Gasteiger partial charge in [0.05, 0.1) is 0 Å². The van der Waals surface area contributed by atoms with Crippen molar-refractivity contribution >= 4 is 10.9 Å². The Morgan fingerprint density at radius 2 is 1.89 bits per heavy atom. The molecule has 0 aliphatic heterocycles. The summed E-state index contributed by atoms with van der Waals surface area (Å²) in [6.07, 6.45) is 6.24. The predicted molar refractivity (Wildman–Crippen MR) is 104 cm³/mol. The molecule has 2 aromatic heterocycles. The fourth-order valence-electron chi connectivity index (χ4n) is 3.08. The number of nitrogens with one attached hydrogen (secondary N) is 2. The molecular formula is C22H20FN3O. The van der Waals surface area contributed by atoms with Crippen molar-refractivity contribution in [1.29, 1.82) is 0 Å². The number of hydrogen-bond acceptors (Lipinski definition) is 3. The lowest BCUT2D eigenvalue weighted by Crippen LogP contribution is -2.16. The van der Waals surface area contributed by atoms with E-state index in [-0.39, 0.29) is 5.82 Å². The van der Waals surface area contributed by atoms with Gasteiger partial charge in [0.1, 0.15) is 17.3 Å². The molecule has 0 unspecified atom stereocenters. The van der Waals surface area contributed by atoms with Gasteiger partial charge < -0.3 is 15.0 Å². The van der Waals surface area contributed by atoms with E-state index >= 15 is 0 Å². The van der Waals surface area contributed by atoms with Crippen molar-refractivity contribution in [2.45, 2.75) is 13.0 Å². The van der Waals surface area contributed by atoms with Crippen LogP contribution in [0.5, 0.6) is 11.5 Å². The zero-order valence-electron chi connectivity index (χ0n) is 14.8. The van der Waals surface area contributed by atoms with Gasteiger partial charge in [-0.1, -0.05) is 12.1 Å². The summed E-state index contributed by atoms with van der Waals surface area (Å²) in [4.78, 5) is 7.12. The molecule has 4 nitrogen and oxygen atoms in total. The van der Waals surface area contributed by atoms with Crippen molar-refractivity contribution in [2.75, 3.05) is 6.54 Å². The first-order valence-corrected chi connectivity index (χ1v) is 8.91. The molecule has 2 aromatic carbocycles. The van der Waals surface area contributed by atoms with Gasteiger partial charge in [0.2, 0.25) is 0 Å². The molecule has 0 saturated heterocycles. The molecular weight excluding hydrogens is 341 g/mol. The molecule has 0 bridgehead atoms. The number of halogens is 1. The molecule has 0 saturated carbocycles. The van der Waals surface area contributed by atoms with Gasteiger partial charge in [-0.15, -0.1) is 0 Å². The van der Waals surface area contributed by atoms with E-state index in [0.717, 1.165) is 47.5 Å². The van der Waals surface area contributed by atoms with Crippen LogP contribution in [0.4, 0.5) is 4.39 Å². The van der Waals surface area contributed by atoms with E-state index in [9.17, 15) is 4.39 Å². The van der Waals surface area contributed by atoms with E-state index in [4.69, 9.17) is 4.74 Å². The van der Waals surface area contributed by atoms with Crippen molar-refractivity contribution in [3.63, 3.8) is 0 Å². The van der Waals surface area contributed by atoms with Crippen LogP contribution in [0.15, 0.2) is 73.2 Å². The number of pyridine rings is 1. The summed E-state index contributed by atoms with van der Waals surface area (Å²) in [5.41, 5.74) is 3.18. The molecule has 0 radical (unpaired) electrons. The highest BCUT2D eigenvalue weighted by atomic mass is 19.1. The van der Waals surface area contributed by atoms with Crippen LogP contribution in [0.25, 0.3) is 10.9 Å². The summed E-state index contributed by atoms with van der Waals surface area (Å²) in [5.74, 6) is 1.35. The normalized spacial score (nSPS) is 11.0. The van der Waals surface area contributed by atoms with Crippen LogP contribution < -0.4 is 10.1 Å². The van der Waals surface area contributed by atoms with Gasteiger partial charge in [-0.2, -0.15) is 0 Å². The van der Waals surface area contributed by atoms with E-state index < -0.39 is 0 Å². The Morgan fingerprint density at radius 1 is 1.00 bits per heavy atom. The second-order valence-corrected chi connectivity index (χ2v) is 6.36. The highest BCUT2D eigenvalue weighted by Crippen LogP contribution is 2.22. The van der Waals surface area contributed by atoms with Crippen molar-refractivity contribution in [1.82, 2.24) is 15.3 Å². The summed E-state index contributed by atoms with van der Waals surface area (Å²) >= 11 is 0. The average Bonchev–Trinajstić information content (AvgIpc) is 3.08. The van der Waals surface area contributed by atoms with Crippen molar-refractivity contribution < 1.29 is 9.13 Å². The smallest absolute Gasteiger partial charge is 0.130 e. The van der Waals surface area contributed by atoms with Gasteiger partial charge in [-0.25, -0.2) is 4.39 Å². The maximum Gasteiger partial charge on any atom is 0.130 e. The third-order valence-corrected chi connectivity index (χ3v) is 4.41. The lowest BCUT2D eigenvalue weighted by atomic mass is 10.1. The molecule has 4 rings (SSSR count). The number of rotatable bonds is 7. The first kappa shape index (κ1) is 17.2. The number of aromatic amines is 1. The molecule has 136 valence electrons. The van der Waals surface area contributed by atoms with Crippen LogP contribution in [0, 0.1) is 5.82 Å². The van der Waals surface area contributed by atoms with Crippen LogP contribution in [-0.4, -0.2) is 16.5 Å². The van der Waals surface area contributed by atoms with Gasteiger partial charge in [0, 0.05) is 36.0 Å². The van der Waals surface area contributed by atoms with Gasteiger partial charge in [0.15, 0.2) is 0 Å². The van der Waals surface area contributed by atoms with Gasteiger partial charge in [-0.05, 0) is 66.6 Å². The minimum Gasteiger partial charge on any atom is -0.457 e. The lowest BCUT2D eigenvalue weighted by Gasteiger charge is -2.08. The molecule has 0 atom stereocenters. The first-order valence-electron chi connectivity index (χ1n) is 8.91. The quantitative estimate of drug-likeness (QED) is 0.464. The number of H-pyrrole nitrogens is 1.